The van der Waals surface area contributed by atoms with Crippen molar-refractivity contribution in [1.82, 2.24) is 10.6 Å². The molecule has 0 spiro atoms. The Balaban J connectivity index is 4.11. The molecule has 90 valence electrons. The molecule has 0 fully saturated rings. The van der Waals surface area contributed by atoms with E-state index in [1.165, 1.54) is 0 Å². The Morgan fingerprint density at radius 3 is 2.13 bits per heavy atom. The second-order valence-electron chi connectivity index (χ2n) is 5.47. The summed E-state index contributed by atoms with van der Waals surface area (Å²) in [6.07, 6.45) is 2.28. The molecule has 1 amide bonds. The summed E-state index contributed by atoms with van der Waals surface area (Å²) in [5.41, 5.74) is -0.295. The molecule has 0 aromatic rings. The Hall–Kier alpha value is -0.570. The predicted molar refractivity (Wildman–Crippen MR) is 64.8 cm³/mol. The summed E-state index contributed by atoms with van der Waals surface area (Å²) in [7, 11) is 1.80. The molecule has 0 radical (unpaired) electrons. The van der Waals surface area contributed by atoms with Crippen molar-refractivity contribution in [3.8, 4) is 0 Å². The van der Waals surface area contributed by atoms with Crippen molar-refractivity contribution < 1.29 is 4.79 Å². The van der Waals surface area contributed by atoms with E-state index in [0.717, 1.165) is 19.4 Å². The minimum Gasteiger partial charge on any atom is -0.354 e. The van der Waals surface area contributed by atoms with E-state index < -0.39 is 5.54 Å². The van der Waals surface area contributed by atoms with Gasteiger partial charge in [-0.25, -0.2) is 0 Å². The van der Waals surface area contributed by atoms with Crippen molar-refractivity contribution in [1.29, 1.82) is 0 Å². The molecule has 0 aliphatic carbocycles. The van der Waals surface area contributed by atoms with Gasteiger partial charge in [0.05, 0.1) is 5.54 Å². The number of carbonyl (C=O) groups is 1. The fourth-order valence-electron chi connectivity index (χ4n) is 1.42. The van der Waals surface area contributed by atoms with E-state index >= 15 is 0 Å². The lowest BCUT2D eigenvalue weighted by Gasteiger charge is -2.28. The highest BCUT2D eigenvalue weighted by atomic mass is 16.2. The molecule has 0 aliphatic rings. The van der Waals surface area contributed by atoms with E-state index in [-0.39, 0.29) is 11.3 Å². The normalized spacial score (nSPS) is 12.7. The SMILES string of the molecule is CCCC(C)(C)CNC(=O)C(C)(C)NC. The summed E-state index contributed by atoms with van der Waals surface area (Å²) >= 11 is 0. The van der Waals surface area contributed by atoms with Crippen LogP contribution in [0.15, 0.2) is 0 Å². The topological polar surface area (TPSA) is 41.1 Å². The molecule has 2 N–H and O–H groups in total. The molecule has 0 aliphatic heterocycles. The van der Waals surface area contributed by atoms with Gasteiger partial charge in [0, 0.05) is 6.54 Å². The van der Waals surface area contributed by atoms with Gasteiger partial charge in [-0.3, -0.25) is 4.79 Å². The average Bonchev–Trinajstić information content (AvgIpc) is 2.14. The molecule has 0 unspecified atom stereocenters. The number of nitrogens with one attached hydrogen (secondary N) is 2. The smallest absolute Gasteiger partial charge is 0.239 e. The third-order valence-electron chi connectivity index (χ3n) is 2.85. The van der Waals surface area contributed by atoms with Crippen LogP contribution in [0.25, 0.3) is 0 Å². The molecule has 0 atom stereocenters. The van der Waals surface area contributed by atoms with Crippen molar-refractivity contribution in [3.63, 3.8) is 0 Å². The lowest BCUT2D eigenvalue weighted by atomic mass is 9.88. The second-order valence-corrected chi connectivity index (χ2v) is 5.47. The summed E-state index contributed by atoms with van der Waals surface area (Å²) in [5.74, 6) is 0.0641. The van der Waals surface area contributed by atoms with Gasteiger partial charge in [-0.2, -0.15) is 0 Å². The molecule has 0 aromatic heterocycles. The minimum atomic E-state index is -0.484. The van der Waals surface area contributed by atoms with Crippen LogP contribution in [0.5, 0.6) is 0 Å². The molecular weight excluding hydrogens is 188 g/mol. The van der Waals surface area contributed by atoms with E-state index in [0.29, 0.717) is 0 Å². The van der Waals surface area contributed by atoms with Crippen molar-refractivity contribution >= 4 is 5.91 Å². The first-order valence-corrected chi connectivity index (χ1v) is 5.72. The van der Waals surface area contributed by atoms with Gasteiger partial charge in [-0.15, -0.1) is 0 Å². The Labute approximate surface area is 94.0 Å². The van der Waals surface area contributed by atoms with E-state index in [9.17, 15) is 4.79 Å². The number of rotatable bonds is 6. The van der Waals surface area contributed by atoms with Gasteiger partial charge in [-0.1, -0.05) is 27.2 Å². The van der Waals surface area contributed by atoms with E-state index in [1.54, 1.807) is 7.05 Å². The predicted octanol–water partition coefficient (Wildman–Crippen LogP) is 1.93. The first-order valence-electron chi connectivity index (χ1n) is 5.72. The highest BCUT2D eigenvalue weighted by molar-refractivity contribution is 5.85. The van der Waals surface area contributed by atoms with E-state index in [4.69, 9.17) is 0 Å². The van der Waals surface area contributed by atoms with Crippen molar-refractivity contribution in [2.24, 2.45) is 5.41 Å². The van der Waals surface area contributed by atoms with Crippen LogP contribution in [0.4, 0.5) is 0 Å². The van der Waals surface area contributed by atoms with Gasteiger partial charge in [0.25, 0.3) is 0 Å². The van der Waals surface area contributed by atoms with Gasteiger partial charge in [0.2, 0.25) is 5.91 Å². The van der Waals surface area contributed by atoms with Crippen LogP contribution < -0.4 is 10.6 Å². The minimum absolute atomic E-state index is 0.0641. The molecule has 3 nitrogen and oxygen atoms in total. The van der Waals surface area contributed by atoms with Crippen LogP contribution in [-0.2, 0) is 4.79 Å². The van der Waals surface area contributed by atoms with Gasteiger partial charge in [-0.05, 0) is 32.7 Å². The average molecular weight is 214 g/mol. The molecule has 0 bridgehead atoms. The highest BCUT2D eigenvalue weighted by Crippen LogP contribution is 2.20. The molecule has 0 heterocycles. The summed E-state index contributed by atoms with van der Waals surface area (Å²) in [4.78, 5) is 11.8. The number of likely N-dealkylation sites (N-methyl/N-ethyl adjacent to an activating group) is 1. The third-order valence-corrected chi connectivity index (χ3v) is 2.85. The monoisotopic (exact) mass is 214 g/mol. The number of amides is 1. The van der Waals surface area contributed by atoms with Gasteiger partial charge in [0.15, 0.2) is 0 Å². The quantitative estimate of drug-likeness (QED) is 0.709. The van der Waals surface area contributed by atoms with Crippen LogP contribution in [0.3, 0.4) is 0 Å². The van der Waals surface area contributed by atoms with Crippen molar-refractivity contribution in [3.05, 3.63) is 0 Å². The fourth-order valence-corrected chi connectivity index (χ4v) is 1.42. The zero-order valence-corrected chi connectivity index (χ0v) is 11.0. The van der Waals surface area contributed by atoms with Gasteiger partial charge < -0.3 is 10.6 Å². The molecule has 3 heteroatoms. The maximum absolute atomic E-state index is 11.8. The third kappa shape index (κ3) is 5.17. The Morgan fingerprint density at radius 1 is 1.20 bits per heavy atom. The number of hydrogen-bond acceptors (Lipinski definition) is 2. The van der Waals surface area contributed by atoms with Crippen LogP contribution in [0.1, 0.15) is 47.5 Å². The Kier molecular flexibility index (Phi) is 5.29. The molecule has 0 aromatic carbocycles. The van der Waals surface area contributed by atoms with E-state index in [1.807, 2.05) is 13.8 Å². The Bertz CT molecular complexity index is 210. The number of carbonyl (C=O) groups excluding carboxylic acids is 1. The van der Waals surface area contributed by atoms with Crippen LogP contribution in [-0.4, -0.2) is 25.0 Å². The highest BCUT2D eigenvalue weighted by Gasteiger charge is 2.26. The van der Waals surface area contributed by atoms with E-state index in [2.05, 4.69) is 31.4 Å². The Morgan fingerprint density at radius 2 is 1.73 bits per heavy atom. The van der Waals surface area contributed by atoms with Crippen LogP contribution >= 0.6 is 0 Å². The maximum Gasteiger partial charge on any atom is 0.239 e. The summed E-state index contributed by atoms with van der Waals surface area (Å²) in [6, 6.07) is 0. The molecule has 15 heavy (non-hydrogen) atoms. The lowest BCUT2D eigenvalue weighted by Crippen LogP contribution is -2.52. The van der Waals surface area contributed by atoms with Crippen LogP contribution in [0.2, 0.25) is 0 Å². The maximum atomic E-state index is 11.8. The number of hydrogen-bond donors (Lipinski definition) is 2. The van der Waals surface area contributed by atoms with Gasteiger partial charge in [0.1, 0.15) is 0 Å². The first-order chi connectivity index (χ1) is 6.75. The van der Waals surface area contributed by atoms with Crippen LogP contribution in [0, 0.1) is 5.41 Å². The molecule has 0 saturated carbocycles. The largest absolute Gasteiger partial charge is 0.354 e. The van der Waals surface area contributed by atoms with Crippen molar-refractivity contribution in [2.45, 2.75) is 53.0 Å². The fraction of sp³-hybridized carbons (Fsp3) is 0.917. The zero-order valence-electron chi connectivity index (χ0n) is 11.0. The second kappa shape index (κ2) is 5.50. The lowest BCUT2D eigenvalue weighted by molar-refractivity contribution is -0.126. The van der Waals surface area contributed by atoms with Crippen molar-refractivity contribution in [2.75, 3.05) is 13.6 Å². The standard InChI is InChI=1S/C12H26N2O/c1-7-8-11(2,3)9-14-10(15)12(4,5)13-6/h13H,7-9H2,1-6H3,(H,14,15). The summed E-state index contributed by atoms with van der Waals surface area (Å²) < 4.78 is 0. The molecule has 0 saturated heterocycles. The van der Waals surface area contributed by atoms with Gasteiger partial charge >= 0.3 is 0 Å². The summed E-state index contributed by atoms with van der Waals surface area (Å²) in [6.45, 7) is 11.0. The summed E-state index contributed by atoms with van der Waals surface area (Å²) in [5, 5.41) is 5.99. The molecule has 0 rings (SSSR count). The first kappa shape index (κ1) is 14.4. The zero-order chi connectivity index (χ0) is 12.1. The molecular formula is C12H26N2O.